The number of alkyl halides is 3. The van der Waals surface area contributed by atoms with Gasteiger partial charge in [0.05, 0.1) is 5.60 Å². The van der Waals surface area contributed by atoms with Gasteiger partial charge in [0.25, 0.3) is 0 Å². The van der Waals surface area contributed by atoms with E-state index < -0.39 is 23.2 Å². The van der Waals surface area contributed by atoms with Crippen LogP contribution in [0, 0.1) is 5.82 Å². The standard InChI is InChI=1S/C19H18F4N6O2/c20-14-3-1-13(2-4-14)18(31)6-9-27(10-7-18)16-24-11-28(17(30)25-16)12-29-8-5-15(26-29)19(21,22)23/h1-5,8,11,31H,6-7,9-10,12H2. The fraction of sp³-hybridized carbons (Fsp3) is 0.368. The molecule has 0 unspecified atom stereocenters. The maximum atomic E-state index is 13.1. The van der Waals surface area contributed by atoms with Crippen LogP contribution in [0.1, 0.15) is 24.1 Å². The van der Waals surface area contributed by atoms with Crippen molar-refractivity contribution in [3.63, 3.8) is 0 Å². The number of aromatic nitrogens is 5. The van der Waals surface area contributed by atoms with Crippen LogP contribution in [0.4, 0.5) is 23.5 Å². The van der Waals surface area contributed by atoms with Crippen molar-refractivity contribution in [2.45, 2.75) is 31.3 Å². The number of nitrogens with zero attached hydrogens (tertiary/aromatic N) is 6. The van der Waals surface area contributed by atoms with E-state index in [0.717, 1.165) is 21.5 Å². The number of hydrogen-bond acceptors (Lipinski definition) is 6. The van der Waals surface area contributed by atoms with Crippen molar-refractivity contribution in [2.75, 3.05) is 18.0 Å². The van der Waals surface area contributed by atoms with Crippen LogP contribution >= 0.6 is 0 Å². The minimum absolute atomic E-state index is 0.166. The summed E-state index contributed by atoms with van der Waals surface area (Å²) in [7, 11) is 0. The largest absolute Gasteiger partial charge is 0.435 e. The van der Waals surface area contributed by atoms with Crippen LogP contribution in [0.15, 0.2) is 47.7 Å². The Bertz CT molecular complexity index is 1120. The minimum atomic E-state index is -4.57. The Morgan fingerprint density at radius 2 is 1.77 bits per heavy atom. The molecule has 0 amide bonds. The summed E-state index contributed by atoms with van der Waals surface area (Å²) in [6.07, 6.45) is -1.59. The van der Waals surface area contributed by atoms with Gasteiger partial charge in [-0.05, 0) is 36.6 Å². The molecule has 8 nitrogen and oxygen atoms in total. The van der Waals surface area contributed by atoms with E-state index in [1.807, 2.05) is 0 Å². The SMILES string of the molecule is O=c1nc(N2CCC(O)(c3ccc(F)cc3)CC2)ncn1Cn1ccc(C(F)(F)F)n1. The van der Waals surface area contributed by atoms with Crippen LogP contribution in [0.2, 0.25) is 0 Å². The average molecular weight is 438 g/mol. The Labute approximate surface area is 173 Å². The monoisotopic (exact) mass is 438 g/mol. The highest BCUT2D eigenvalue weighted by atomic mass is 19.4. The lowest BCUT2D eigenvalue weighted by Crippen LogP contribution is -2.44. The normalized spacial score (nSPS) is 16.5. The van der Waals surface area contributed by atoms with Gasteiger partial charge in [0.15, 0.2) is 5.69 Å². The first kappa shape index (κ1) is 21.0. The molecule has 1 aliphatic heterocycles. The molecular formula is C19H18F4N6O2. The van der Waals surface area contributed by atoms with Crippen molar-refractivity contribution in [2.24, 2.45) is 0 Å². The Hall–Kier alpha value is -3.28. The fourth-order valence-electron chi connectivity index (χ4n) is 3.47. The molecule has 0 bridgehead atoms. The van der Waals surface area contributed by atoms with Gasteiger partial charge in [-0.3, -0.25) is 9.25 Å². The zero-order chi connectivity index (χ0) is 22.2. The van der Waals surface area contributed by atoms with E-state index in [1.165, 1.54) is 18.5 Å². The Kier molecular flexibility index (Phi) is 5.25. The summed E-state index contributed by atoms with van der Waals surface area (Å²) >= 11 is 0. The van der Waals surface area contributed by atoms with Crippen LogP contribution in [0.3, 0.4) is 0 Å². The molecule has 0 spiro atoms. The quantitative estimate of drug-likeness (QED) is 0.627. The summed E-state index contributed by atoms with van der Waals surface area (Å²) in [5.74, 6) is -0.220. The molecule has 31 heavy (non-hydrogen) atoms. The van der Waals surface area contributed by atoms with Gasteiger partial charge < -0.3 is 10.0 Å². The third-order valence-corrected chi connectivity index (χ3v) is 5.24. The molecule has 1 saturated heterocycles. The molecule has 3 heterocycles. The van der Waals surface area contributed by atoms with E-state index in [4.69, 9.17) is 0 Å². The molecule has 0 radical (unpaired) electrons. The van der Waals surface area contributed by atoms with Crippen LogP contribution in [-0.2, 0) is 18.4 Å². The van der Waals surface area contributed by atoms with Gasteiger partial charge in [0.2, 0.25) is 5.95 Å². The van der Waals surface area contributed by atoms with Gasteiger partial charge in [-0.15, -0.1) is 0 Å². The number of anilines is 1. The van der Waals surface area contributed by atoms with Crippen LogP contribution < -0.4 is 10.6 Å². The van der Waals surface area contributed by atoms with Crippen LogP contribution in [-0.4, -0.2) is 42.5 Å². The molecule has 1 aromatic carbocycles. The number of aliphatic hydroxyl groups is 1. The van der Waals surface area contributed by atoms with Gasteiger partial charge in [0.1, 0.15) is 18.8 Å². The number of halogens is 4. The first-order valence-electron chi connectivity index (χ1n) is 9.42. The highest BCUT2D eigenvalue weighted by Gasteiger charge is 2.35. The van der Waals surface area contributed by atoms with E-state index in [-0.39, 0.29) is 18.4 Å². The van der Waals surface area contributed by atoms with E-state index >= 15 is 0 Å². The summed E-state index contributed by atoms with van der Waals surface area (Å²) < 4.78 is 53.1. The van der Waals surface area contributed by atoms with Crippen LogP contribution in [0.25, 0.3) is 0 Å². The van der Waals surface area contributed by atoms with Crippen molar-refractivity contribution in [1.82, 2.24) is 24.3 Å². The summed E-state index contributed by atoms with van der Waals surface area (Å²) in [5, 5.41) is 14.3. The van der Waals surface area contributed by atoms with Gasteiger partial charge in [0, 0.05) is 19.3 Å². The van der Waals surface area contributed by atoms with Gasteiger partial charge >= 0.3 is 11.9 Å². The molecule has 4 rings (SSSR count). The molecule has 2 aromatic heterocycles. The molecule has 3 aromatic rings. The number of rotatable bonds is 4. The smallest absolute Gasteiger partial charge is 0.385 e. The first-order chi connectivity index (χ1) is 14.6. The van der Waals surface area contributed by atoms with Gasteiger partial charge in [-0.25, -0.2) is 14.2 Å². The molecule has 164 valence electrons. The lowest BCUT2D eigenvalue weighted by molar-refractivity contribution is -0.141. The van der Waals surface area contributed by atoms with Crippen molar-refractivity contribution in [3.05, 3.63) is 70.4 Å². The maximum absolute atomic E-state index is 13.1. The van der Waals surface area contributed by atoms with E-state index in [9.17, 15) is 27.5 Å². The lowest BCUT2D eigenvalue weighted by atomic mass is 9.84. The van der Waals surface area contributed by atoms with Gasteiger partial charge in [-0.1, -0.05) is 12.1 Å². The summed E-state index contributed by atoms with van der Waals surface area (Å²) in [4.78, 5) is 22.1. The highest BCUT2D eigenvalue weighted by molar-refractivity contribution is 5.32. The number of hydrogen-bond donors (Lipinski definition) is 1. The molecule has 0 saturated carbocycles. The van der Waals surface area contributed by atoms with E-state index in [2.05, 4.69) is 15.1 Å². The lowest BCUT2D eigenvalue weighted by Gasteiger charge is -2.38. The predicted octanol–water partition coefficient (Wildman–Crippen LogP) is 1.99. The zero-order valence-corrected chi connectivity index (χ0v) is 16.1. The fourth-order valence-corrected chi connectivity index (χ4v) is 3.47. The van der Waals surface area contributed by atoms with Crippen molar-refractivity contribution >= 4 is 5.95 Å². The number of piperidine rings is 1. The third-order valence-electron chi connectivity index (χ3n) is 5.24. The second-order valence-electron chi connectivity index (χ2n) is 7.31. The topological polar surface area (TPSA) is 89.1 Å². The van der Waals surface area contributed by atoms with E-state index in [0.29, 0.717) is 31.5 Å². The van der Waals surface area contributed by atoms with Crippen molar-refractivity contribution in [3.8, 4) is 0 Å². The van der Waals surface area contributed by atoms with E-state index in [1.54, 1.807) is 17.0 Å². The molecule has 0 aliphatic carbocycles. The van der Waals surface area contributed by atoms with Crippen molar-refractivity contribution in [1.29, 1.82) is 0 Å². The second-order valence-corrected chi connectivity index (χ2v) is 7.31. The maximum Gasteiger partial charge on any atom is 0.435 e. The third kappa shape index (κ3) is 4.43. The predicted molar refractivity (Wildman–Crippen MR) is 101 cm³/mol. The summed E-state index contributed by atoms with van der Waals surface area (Å²) in [6, 6.07) is 6.49. The first-order valence-corrected chi connectivity index (χ1v) is 9.42. The molecular weight excluding hydrogens is 420 g/mol. The minimum Gasteiger partial charge on any atom is -0.385 e. The Morgan fingerprint density at radius 1 is 1.10 bits per heavy atom. The molecule has 0 atom stereocenters. The Morgan fingerprint density at radius 3 is 2.35 bits per heavy atom. The summed E-state index contributed by atoms with van der Waals surface area (Å²) in [6.45, 7) is 0.469. The molecule has 12 heteroatoms. The molecule has 1 N–H and O–H groups in total. The molecule has 1 fully saturated rings. The Balaban J connectivity index is 1.43. The summed E-state index contributed by atoms with van der Waals surface area (Å²) in [5.41, 5.74) is -2.24. The van der Waals surface area contributed by atoms with Crippen LogP contribution in [0.5, 0.6) is 0 Å². The average Bonchev–Trinajstić information content (AvgIpc) is 3.20. The van der Waals surface area contributed by atoms with Gasteiger partial charge in [-0.2, -0.15) is 23.3 Å². The highest BCUT2D eigenvalue weighted by Crippen LogP contribution is 2.33. The van der Waals surface area contributed by atoms with Crippen molar-refractivity contribution < 1.29 is 22.7 Å². The number of benzene rings is 1. The zero-order valence-electron chi connectivity index (χ0n) is 16.1. The second kappa shape index (κ2) is 7.76. The molecule has 1 aliphatic rings.